The molecule has 0 aromatic heterocycles. The number of methoxy groups -OCH3 is 2. The zero-order valence-electron chi connectivity index (χ0n) is 16.4. The molecule has 0 atom stereocenters. The second-order valence-corrected chi connectivity index (χ2v) is 7.12. The Labute approximate surface area is 171 Å². The maximum absolute atomic E-state index is 12.7. The molecule has 0 saturated carbocycles. The van der Waals surface area contributed by atoms with E-state index in [9.17, 15) is 4.79 Å². The highest BCUT2D eigenvalue weighted by atomic mass is 35.5. The fourth-order valence-electron chi connectivity index (χ4n) is 3.34. The SMILES string of the molecule is COc1ccc(/C(C)=C/C(=O)N2CCN(c3cccc(Cl)c3)CC2)c(OC)c1. The molecule has 1 fully saturated rings. The average Bonchev–Trinajstić information content (AvgIpc) is 2.73. The maximum Gasteiger partial charge on any atom is 0.246 e. The van der Waals surface area contributed by atoms with Crippen LogP contribution in [0, 0.1) is 0 Å². The molecule has 1 heterocycles. The summed E-state index contributed by atoms with van der Waals surface area (Å²) in [6, 6.07) is 13.4. The van der Waals surface area contributed by atoms with E-state index in [4.69, 9.17) is 21.1 Å². The first kappa shape index (κ1) is 20.1. The molecule has 1 aliphatic heterocycles. The number of anilines is 1. The number of amides is 1. The molecule has 2 aromatic carbocycles. The van der Waals surface area contributed by atoms with Crippen molar-refractivity contribution in [1.82, 2.24) is 4.90 Å². The van der Waals surface area contributed by atoms with E-state index in [1.54, 1.807) is 20.3 Å². The molecule has 0 bridgehead atoms. The van der Waals surface area contributed by atoms with Crippen molar-refractivity contribution >= 4 is 28.8 Å². The lowest BCUT2D eigenvalue weighted by Gasteiger charge is -2.35. The Morgan fingerprint density at radius 1 is 1.04 bits per heavy atom. The molecule has 5 nitrogen and oxygen atoms in total. The van der Waals surface area contributed by atoms with Crippen molar-refractivity contribution in [2.75, 3.05) is 45.3 Å². The average molecular weight is 401 g/mol. The smallest absolute Gasteiger partial charge is 0.246 e. The number of carbonyl (C=O) groups is 1. The number of hydrogen-bond donors (Lipinski definition) is 0. The zero-order valence-corrected chi connectivity index (χ0v) is 17.2. The van der Waals surface area contributed by atoms with Crippen LogP contribution in [-0.4, -0.2) is 51.2 Å². The van der Waals surface area contributed by atoms with E-state index >= 15 is 0 Å². The Bertz CT molecular complexity index is 874. The second kappa shape index (κ2) is 9.02. The summed E-state index contributed by atoms with van der Waals surface area (Å²) in [5.74, 6) is 1.42. The lowest BCUT2D eigenvalue weighted by atomic mass is 10.1. The van der Waals surface area contributed by atoms with E-state index < -0.39 is 0 Å². The normalized spacial score (nSPS) is 14.8. The van der Waals surface area contributed by atoms with Crippen LogP contribution in [0.2, 0.25) is 5.02 Å². The first-order valence-corrected chi connectivity index (χ1v) is 9.59. The Morgan fingerprint density at radius 3 is 2.43 bits per heavy atom. The summed E-state index contributed by atoms with van der Waals surface area (Å²) in [5.41, 5.74) is 2.84. The third-order valence-electron chi connectivity index (χ3n) is 4.94. The van der Waals surface area contributed by atoms with Gasteiger partial charge in [0, 0.05) is 54.6 Å². The Balaban J connectivity index is 1.66. The van der Waals surface area contributed by atoms with Crippen LogP contribution in [0.1, 0.15) is 12.5 Å². The van der Waals surface area contributed by atoms with Crippen molar-refractivity contribution in [2.24, 2.45) is 0 Å². The molecule has 0 aliphatic carbocycles. The van der Waals surface area contributed by atoms with E-state index in [0.717, 1.165) is 40.7 Å². The lowest BCUT2D eigenvalue weighted by molar-refractivity contribution is -0.126. The van der Waals surface area contributed by atoms with Crippen molar-refractivity contribution in [3.05, 3.63) is 59.1 Å². The molecule has 6 heteroatoms. The molecule has 28 heavy (non-hydrogen) atoms. The van der Waals surface area contributed by atoms with Crippen molar-refractivity contribution in [3.8, 4) is 11.5 Å². The molecular formula is C22H25ClN2O3. The molecule has 1 amide bonds. The van der Waals surface area contributed by atoms with Gasteiger partial charge in [-0.05, 0) is 42.8 Å². The first-order valence-electron chi connectivity index (χ1n) is 9.22. The number of ether oxygens (including phenoxy) is 2. The fraction of sp³-hybridized carbons (Fsp3) is 0.318. The highest BCUT2D eigenvalue weighted by Crippen LogP contribution is 2.30. The van der Waals surface area contributed by atoms with Gasteiger partial charge in [-0.1, -0.05) is 17.7 Å². The minimum atomic E-state index is 0.0149. The summed E-state index contributed by atoms with van der Waals surface area (Å²) < 4.78 is 10.7. The fourth-order valence-corrected chi connectivity index (χ4v) is 3.52. The summed E-state index contributed by atoms with van der Waals surface area (Å²) in [7, 11) is 3.23. The lowest BCUT2D eigenvalue weighted by Crippen LogP contribution is -2.48. The third kappa shape index (κ3) is 4.60. The molecule has 148 valence electrons. The molecule has 3 rings (SSSR count). The van der Waals surface area contributed by atoms with Crippen molar-refractivity contribution < 1.29 is 14.3 Å². The minimum Gasteiger partial charge on any atom is -0.497 e. The van der Waals surface area contributed by atoms with Crippen LogP contribution < -0.4 is 14.4 Å². The van der Waals surface area contributed by atoms with Crippen LogP contribution in [0.4, 0.5) is 5.69 Å². The van der Waals surface area contributed by atoms with Gasteiger partial charge in [-0.3, -0.25) is 4.79 Å². The molecule has 0 spiro atoms. The molecular weight excluding hydrogens is 376 g/mol. The first-order chi connectivity index (χ1) is 13.5. The molecule has 0 N–H and O–H groups in total. The molecule has 0 unspecified atom stereocenters. The Kier molecular flexibility index (Phi) is 6.47. The Morgan fingerprint density at radius 2 is 1.79 bits per heavy atom. The number of hydrogen-bond acceptors (Lipinski definition) is 4. The van der Waals surface area contributed by atoms with Gasteiger partial charge in [0.15, 0.2) is 0 Å². The minimum absolute atomic E-state index is 0.0149. The molecule has 0 radical (unpaired) electrons. The van der Waals surface area contributed by atoms with Gasteiger partial charge in [0.05, 0.1) is 14.2 Å². The van der Waals surface area contributed by atoms with Gasteiger partial charge in [0.2, 0.25) is 5.91 Å². The summed E-state index contributed by atoms with van der Waals surface area (Å²) >= 11 is 6.09. The predicted molar refractivity (Wildman–Crippen MR) is 113 cm³/mol. The number of rotatable bonds is 5. The van der Waals surface area contributed by atoms with Crippen LogP contribution >= 0.6 is 11.6 Å². The predicted octanol–water partition coefficient (Wildman–Crippen LogP) is 4.11. The maximum atomic E-state index is 12.7. The van der Waals surface area contributed by atoms with Crippen LogP contribution in [-0.2, 0) is 4.79 Å². The highest BCUT2D eigenvalue weighted by Gasteiger charge is 2.21. The number of allylic oxidation sites excluding steroid dienone is 1. The van der Waals surface area contributed by atoms with E-state index in [-0.39, 0.29) is 5.91 Å². The van der Waals surface area contributed by atoms with E-state index in [0.29, 0.717) is 18.8 Å². The second-order valence-electron chi connectivity index (χ2n) is 6.69. The van der Waals surface area contributed by atoms with E-state index in [2.05, 4.69) is 4.90 Å². The van der Waals surface area contributed by atoms with Gasteiger partial charge < -0.3 is 19.3 Å². The summed E-state index contributed by atoms with van der Waals surface area (Å²) in [5, 5.41) is 0.725. The van der Waals surface area contributed by atoms with Gasteiger partial charge in [0.1, 0.15) is 11.5 Å². The van der Waals surface area contributed by atoms with Gasteiger partial charge in [0.25, 0.3) is 0 Å². The summed E-state index contributed by atoms with van der Waals surface area (Å²) in [6.07, 6.45) is 1.68. The van der Waals surface area contributed by atoms with E-state index in [1.165, 1.54) is 0 Å². The zero-order chi connectivity index (χ0) is 20.1. The monoisotopic (exact) mass is 400 g/mol. The van der Waals surface area contributed by atoms with Gasteiger partial charge in [-0.15, -0.1) is 0 Å². The van der Waals surface area contributed by atoms with Crippen LogP contribution in [0.25, 0.3) is 5.57 Å². The third-order valence-corrected chi connectivity index (χ3v) is 5.17. The van der Waals surface area contributed by atoms with Crippen molar-refractivity contribution in [3.63, 3.8) is 0 Å². The van der Waals surface area contributed by atoms with Gasteiger partial charge in [-0.2, -0.15) is 0 Å². The molecule has 2 aromatic rings. The van der Waals surface area contributed by atoms with Crippen LogP contribution in [0.15, 0.2) is 48.5 Å². The number of benzene rings is 2. The van der Waals surface area contributed by atoms with Gasteiger partial charge in [-0.25, -0.2) is 0 Å². The molecule has 1 saturated heterocycles. The number of halogens is 1. The standard InChI is InChI=1S/C22H25ClN2O3/c1-16(20-8-7-19(27-2)15-21(20)28-3)13-22(26)25-11-9-24(10-12-25)18-6-4-5-17(23)14-18/h4-8,13-15H,9-12H2,1-3H3/b16-13+. The number of piperazine rings is 1. The van der Waals surface area contributed by atoms with Crippen molar-refractivity contribution in [2.45, 2.75) is 6.92 Å². The van der Waals surface area contributed by atoms with Crippen LogP contribution in [0.5, 0.6) is 11.5 Å². The van der Waals surface area contributed by atoms with Crippen LogP contribution in [0.3, 0.4) is 0 Å². The number of nitrogens with zero attached hydrogens (tertiary/aromatic N) is 2. The Hall–Kier alpha value is -2.66. The largest absolute Gasteiger partial charge is 0.497 e. The van der Waals surface area contributed by atoms with Crippen molar-refractivity contribution in [1.29, 1.82) is 0 Å². The number of carbonyl (C=O) groups excluding carboxylic acids is 1. The summed E-state index contributed by atoms with van der Waals surface area (Å²) in [4.78, 5) is 16.9. The topological polar surface area (TPSA) is 42.0 Å². The quantitative estimate of drug-likeness (QED) is 0.708. The van der Waals surface area contributed by atoms with Gasteiger partial charge >= 0.3 is 0 Å². The highest BCUT2D eigenvalue weighted by molar-refractivity contribution is 6.30. The van der Waals surface area contributed by atoms with E-state index in [1.807, 2.05) is 54.3 Å². The molecule has 1 aliphatic rings. The summed E-state index contributed by atoms with van der Waals surface area (Å²) in [6.45, 7) is 4.84.